The number of hydrogen-bond acceptors (Lipinski definition) is 1. The molecule has 0 amide bonds. The summed E-state index contributed by atoms with van der Waals surface area (Å²) < 4.78 is 0. The number of carboxylic acid groups (broad SMARTS) is 1. The molecule has 0 fully saturated rings. The molecule has 0 spiro atoms. The van der Waals surface area contributed by atoms with Crippen molar-refractivity contribution in [2.75, 3.05) is 0 Å². The molecule has 0 saturated carbocycles. The maximum absolute atomic E-state index is 10.3. The molecule has 0 aliphatic heterocycles. The topological polar surface area (TPSA) is 37.3 Å². The van der Waals surface area contributed by atoms with Gasteiger partial charge in [0.2, 0.25) is 0 Å². The average Bonchev–Trinajstić information content (AvgIpc) is 2.43. The second-order valence-corrected chi connectivity index (χ2v) is 6.09. The summed E-state index contributed by atoms with van der Waals surface area (Å²) in [5.74, 6) is -0.653. The Kier molecular flexibility index (Phi) is 28.5. The Morgan fingerprint density at radius 2 is 0.909 bits per heavy atom. The summed E-state index contributed by atoms with van der Waals surface area (Å²) in [5, 5.41) is 8.52. The van der Waals surface area contributed by atoms with E-state index in [4.69, 9.17) is 5.11 Å². The van der Waals surface area contributed by atoms with Gasteiger partial charge in [0.05, 0.1) is 8.41 Å². The first-order valence-corrected chi connectivity index (χ1v) is 8.99. The van der Waals surface area contributed by atoms with Gasteiger partial charge < -0.3 is 5.11 Å². The van der Waals surface area contributed by atoms with Crippen molar-refractivity contribution in [2.45, 2.75) is 110 Å². The van der Waals surface area contributed by atoms with Gasteiger partial charge in [0.1, 0.15) is 0 Å². The Morgan fingerprint density at radius 1 is 0.636 bits per heavy atom. The van der Waals surface area contributed by atoms with Gasteiger partial charge in [0.25, 0.3) is 0 Å². The molecule has 0 aliphatic carbocycles. The van der Waals surface area contributed by atoms with Gasteiger partial charge in [-0.2, -0.15) is 0 Å². The Balaban J connectivity index is -0.00000180. The molecular weight excluding hydrogens is 318 g/mol. The number of unbranched alkanes of at least 4 members (excludes halogenated alkanes) is 14. The molecule has 135 valence electrons. The van der Waals surface area contributed by atoms with Crippen molar-refractivity contribution in [3.05, 3.63) is 0 Å². The molecular formula is C18H39BCoO2. The van der Waals surface area contributed by atoms with Crippen LogP contribution in [0.15, 0.2) is 0 Å². The van der Waals surface area contributed by atoms with E-state index in [1.807, 2.05) is 0 Å². The van der Waals surface area contributed by atoms with E-state index in [1.165, 1.54) is 83.5 Å². The zero-order chi connectivity index (χ0) is 14.9. The van der Waals surface area contributed by atoms with E-state index in [0.717, 1.165) is 12.8 Å². The van der Waals surface area contributed by atoms with Gasteiger partial charge in [-0.3, -0.25) is 4.79 Å². The predicted octanol–water partition coefficient (Wildman–Crippen LogP) is 5.15. The average molecular weight is 357 g/mol. The summed E-state index contributed by atoms with van der Waals surface area (Å²) >= 11 is 0. The third-order valence-corrected chi connectivity index (χ3v) is 3.99. The van der Waals surface area contributed by atoms with Gasteiger partial charge in [0.15, 0.2) is 0 Å². The molecule has 2 nitrogen and oxygen atoms in total. The molecule has 1 radical (unpaired) electrons. The van der Waals surface area contributed by atoms with Gasteiger partial charge in [-0.1, -0.05) is 96.8 Å². The minimum Gasteiger partial charge on any atom is -0.481 e. The first-order chi connectivity index (χ1) is 9.77. The molecule has 0 saturated heterocycles. The fourth-order valence-corrected chi connectivity index (χ4v) is 2.65. The fourth-order valence-electron chi connectivity index (χ4n) is 2.65. The maximum Gasteiger partial charge on any atom is 0.303 e. The second-order valence-electron chi connectivity index (χ2n) is 6.09. The summed E-state index contributed by atoms with van der Waals surface area (Å²) in [7, 11) is 0. The predicted molar refractivity (Wildman–Crippen MR) is 97.1 cm³/mol. The van der Waals surface area contributed by atoms with Crippen LogP contribution in [0.5, 0.6) is 0 Å². The zero-order valence-electron chi connectivity index (χ0n) is 14.0. The van der Waals surface area contributed by atoms with E-state index in [-0.39, 0.29) is 25.2 Å². The van der Waals surface area contributed by atoms with Crippen LogP contribution in [0.4, 0.5) is 0 Å². The summed E-state index contributed by atoms with van der Waals surface area (Å²) in [6, 6.07) is 0. The third-order valence-electron chi connectivity index (χ3n) is 3.99. The zero-order valence-corrected chi connectivity index (χ0v) is 15.0. The van der Waals surface area contributed by atoms with E-state index in [1.54, 1.807) is 0 Å². The van der Waals surface area contributed by atoms with Crippen LogP contribution >= 0.6 is 0 Å². The molecule has 0 unspecified atom stereocenters. The van der Waals surface area contributed by atoms with Gasteiger partial charge in [-0.25, -0.2) is 0 Å². The summed E-state index contributed by atoms with van der Waals surface area (Å²) in [6.45, 7) is 2.27. The van der Waals surface area contributed by atoms with Crippen molar-refractivity contribution < 1.29 is 26.7 Å². The third kappa shape index (κ3) is 25.0. The minimum atomic E-state index is -0.653. The van der Waals surface area contributed by atoms with Gasteiger partial charge >= 0.3 is 5.97 Å². The Labute approximate surface area is 151 Å². The maximum atomic E-state index is 10.3. The van der Waals surface area contributed by atoms with Crippen LogP contribution in [0.3, 0.4) is 0 Å². The van der Waals surface area contributed by atoms with Gasteiger partial charge in [0, 0.05) is 23.2 Å². The number of hydrogen-bond donors (Lipinski definition) is 1. The van der Waals surface area contributed by atoms with Crippen molar-refractivity contribution in [3.8, 4) is 0 Å². The van der Waals surface area contributed by atoms with Crippen LogP contribution in [-0.4, -0.2) is 19.5 Å². The molecule has 0 aromatic rings. The second kappa shape index (κ2) is 23.3. The monoisotopic (exact) mass is 357 g/mol. The van der Waals surface area contributed by atoms with Crippen LogP contribution in [0.1, 0.15) is 110 Å². The van der Waals surface area contributed by atoms with Crippen LogP contribution in [0.25, 0.3) is 0 Å². The molecule has 0 aromatic carbocycles. The van der Waals surface area contributed by atoms with Crippen LogP contribution < -0.4 is 0 Å². The molecule has 0 aliphatic rings. The SMILES string of the molecule is B.CCCCCCCCCCCCCCCCCC(=O)O.[Co]. The van der Waals surface area contributed by atoms with E-state index in [2.05, 4.69) is 6.92 Å². The summed E-state index contributed by atoms with van der Waals surface area (Å²) in [5.41, 5.74) is 0. The number of aliphatic carboxylic acids is 1. The summed E-state index contributed by atoms with van der Waals surface area (Å²) in [6.07, 6.45) is 20.2. The van der Waals surface area contributed by atoms with Gasteiger partial charge in [-0.05, 0) is 6.42 Å². The molecule has 0 heterocycles. The fraction of sp³-hybridized carbons (Fsp3) is 0.944. The Hall–Kier alpha value is 0.0414. The molecule has 0 atom stereocenters. The first kappa shape index (κ1) is 26.9. The largest absolute Gasteiger partial charge is 0.481 e. The molecule has 1 N–H and O–H groups in total. The molecule has 0 aromatic heterocycles. The van der Waals surface area contributed by atoms with E-state index < -0.39 is 5.97 Å². The Morgan fingerprint density at radius 3 is 1.18 bits per heavy atom. The van der Waals surface area contributed by atoms with Crippen molar-refractivity contribution in [3.63, 3.8) is 0 Å². The molecule has 4 heteroatoms. The molecule has 0 bridgehead atoms. The van der Waals surface area contributed by atoms with Crippen LogP contribution in [0, 0.1) is 0 Å². The van der Waals surface area contributed by atoms with Crippen LogP contribution in [-0.2, 0) is 21.6 Å². The number of carbonyl (C=O) groups is 1. The Bertz CT molecular complexity index is 213. The molecule has 0 rings (SSSR count). The van der Waals surface area contributed by atoms with E-state index >= 15 is 0 Å². The van der Waals surface area contributed by atoms with Crippen molar-refractivity contribution >= 4 is 14.4 Å². The van der Waals surface area contributed by atoms with E-state index in [9.17, 15) is 4.79 Å². The smallest absolute Gasteiger partial charge is 0.303 e. The van der Waals surface area contributed by atoms with Crippen LogP contribution in [0.2, 0.25) is 0 Å². The number of carboxylic acids is 1. The quantitative estimate of drug-likeness (QED) is 0.307. The standard InChI is InChI=1S/C18H36O2.BH3.Co/c1-2-3-4-5-6-7-8-9-10-11-12-13-14-15-16-17-18(19)20;;/h2-17H2,1H3,(H,19,20);1H3;. The first-order valence-electron chi connectivity index (χ1n) is 8.99. The normalized spacial score (nSPS) is 9.86. The van der Waals surface area contributed by atoms with Crippen molar-refractivity contribution in [1.82, 2.24) is 0 Å². The van der Waals surface area contributed by atoms with Crippen molar-refractivity contribution in [2.24, 2.45) is 0 Å². The minimum absolute atomic E-state index is 0. The van der Waals surface area contributed by atoms with Gasteiger partial charge in [-0.15, -0.1) is 0 Å². The number of rotatable bonds is 16. The van der Waals surface area contributed by atoms with Crippen molar-refractivity contribution in [1.29, 1.82) is 0 Å². The molecule has 22 heavy (non-hydrogen) atoms. The van der Waals surface area contributed by atoms with E-state index in [0.29, 0.717) is 6.42 Å². The summed E-state index contributed by atoms with van der Waals surface area (Å²) in [4.78, 5) is 10.3.